The van der Waals surface area contributed by atoms with Crippen molar-refractivity contribution in [2.45, 2.75) is 12.4 Å². The molecule has 0 aliphatic heterocycles. The lowest BCUT2D eigenvalue weighted by Crippen LogP contribution is -2.32. The summed E-state index contributed by atoms with van der Waals surface area (Å²) in [6.45, 7) is 0. The maximum absolute atomic E-state index is 12.8. The lowest BCUT2D eigenvalue weighted by atomic mass is 9.68. The largest absolute Gasteiger partial charge is 0.416 e. The molecule has 0 aliphatic rings. The van der Waals surface area contributed by atoms with E-state index >= 15 is 0 Å². The van der Waals surface area contributed by atoms with Crippen LogP contribution in [0.3, 0.4) is 0 Å². The molecule has 0 amide bonds. The second-order valence-corrected chi connectivity index (χ2v) is 5.80. The molecular formula is C16H10B2F6N2O3. The van der Waals surface area contributed by atoms with Gasteiger partial charge in [-0.25, -0.2) is 0 Å². The Bertz CT molecular complexity index is 872. The van der Waals surface area contributed by atoms with Gasteiger partial charge in [-0.3, -0.25) is 9.59 Å². The average Bonchev–Trinajstić information content (AvgIpc) is 2.51. The van der Waals surface area contributed by atoms with E-state index in [4.69, 9.17) is 11.5 Å². The van der Waals surface area contributed by atoms with Crippen LogP contribution >= 0.6 is 0 Å². The number of halogens is 6. The minimum absolute atomic E-state index is 0.279. The SMILES string of the molecule is Nc1cc([B]C(=O)OC(=O)[B]c2cc(N)cc(C(F)(F)F)c2)cc(C(F)(F)F)c1. The number of nitrogen functional groups attached to an aromatic ring is 2. The number of carbonyl (C=O) groups is 2. The molecule has 0 heterocycles. The third-order valence-electron chi connectivity index (χ3n) is 3.38. The molecule has 0 bridgehead atoms. The maximum atomic E-state index is 12.8. The minimum Gasteiger partial charge on any atom is -0.411 e. The molecule has 0 spiro atoms. The summed E-state index contributed by atoms with van der Waals surface area (Å²) in [5.41, 5.74) is 7.34. The molecule has 2 radical (unpaired) electrons. The van der Waals surface area contributed by atoms with Crippen molar-refractivity contribution in [1.82, 2.24) is 0 Å². The summed E-state index contributed by atoms with van der Waals surface area (Å²) in [6, 6.07) is 4.61. The van der Waals surface area contributed by atoms with Gasteiger partial charge in [-0.2, -0.15) is 26.3 Å². The average molecular weight is 414 g/mol. The molecule has 2 aromatic carbocycles. The van der Waals surface area contributed by atoms with Gasteiger partial charge in [-0.05, 0) is 24.3 Å². The predicted molar refractivity (Wildman–Crippen MR) is 94.4 cm³/mol. The normalized spacial score (nSPS) is 11.7. The Labute approximate surface area is 161 Å². The fourth-order valence-electron chi connectivity index (χ4n) is 2.28. The zero-order valence-corrected chi connectivity index (χ0v) is 14.3. The topological polar surface area (TPSA) is 95.4 Å². The smallest absolute Gasteiger partial charge is 0.411 e. The van der Waals surface area contributed by atoms with Gasteiger partial charge in [-0.1, -0.05) is 23.1 Å². The molecule has 2 aromatic rings. The van der Waals surface area contributed by atoms with Crippen LogP contribution in [0.5, 0.6) is 0 Å². The van der Waals surface area contributed by atoms with Crippen molar-refractivity contribution in [2.24, 2.45) is 0 Å². The van der Waals surface area contributed by atoms with Crippen LogP contribution in [0.25, 0.3) is 0 Å². The van der Waals surface area contributed by atoms with Crippen LogP contribution in [0, 0.1) is 0 Å². The molecule has 13 heteroatoms. The fourth-order valence-corrected chi connectivity index (χ4v) is 2.28. The van der Waals surface area contributed by atoms with Gasteiger partial charge in [-0.15, -0.1) is 0 Å². The molecule has 29 heavy (non-hydrogen) atoms. The number of benzene rings is 2. The second-order valence-electron chi connectivity index (χ2n) is 5.80. The van der Waals surface area contributed by atoms with Crippen molar-refractivity contribution >= 4 is 48.6 Å². The van der Waals surface area contributed by atoms with Crippen molar-refractivity contribution in [2.75, 3.05) is 11.5 Å². The van der Waals surface area contributed by atoms with E-state index in [1.54, 1.807) is 0 Å². The molecule has 0 unspecified atom stereocenters. The highest BCUT2D eigenvalue weighted by molar-refractivity contribution is 6.87. The van der Waals surface area contributed by atoms with Crippen LogP contribution in [0.15, 0.2) is 36.4 Å². The highest BCUT2D eigenvalue weighted by atomic mass is 19.4. The first kappa shape index (κ1) is 22.2. The molecule has 0 fully saturated rings. The third-order valence-corrected chi connectivity index (χ3v) is 3.38. The van der Waals surface area contributed by atoms with Gasteiger partial charge in [0.2, 0.25) is 0 Å². The summed E-state index contributed by atoms with van der Waals surface area (Å²) in [5, 5.41) is 0. The first-order valence-corrected chi connectivity index (χ1v) is 7.65. The number of carbonyl (C=O) groups excluding carboxylic acids is 2. The van der Waals surface area contributed by atoms with Crippen molar-refractivity contribution in [3.63, 3.8) is 0 Å². The van der Waals surface area contributed by atoms with E-state index in [0.717, 1.165) is 12.1 Å². The van der Waals surface area contributed by atoms with E-state index in [9.17, 15) is 35.9 Å². The number of ether oxygens (including phenoxy) is 1. The number of anilines is 2. The number of rotatable bonds is 4. The number of alkyl halides is 6. The summed E-state index contributed by atoms with van der Waals surface area (Å²) < 4.78 is 80.9. The first-order valence-electron chi connectivity index (χ1n) is 7.65. The Kier molecular flexibility index (Phi) is 6.19. The molecule has 5 nitrogen and oxygen atoms in total. The summed E-state index contributed by atoms with van der Waals surface area (Å²) >= 11 is 0. The Balaban J connectivity index is 2.06. The number of nitrogens with two attached hydrogens (primary N) is 2. The highest BCUT2D eigenvalue weighted by Gasteiger charge is 2.32. The molecule has 0 atom stereocenters. The Morgan fingerprint density at radius 3 is 1.34 bits per heavy atom. The van der Waals surface area contributed by atoms with Crippen molar-refractivity contribution < 1.29 is 40.7 Å². The van der Waals surface area contributed by atoms with Crippen LogP contribution in [0.1, 0.15) is 11.1 Å². The van der Waals surface area contributed by atoms with Gasteiger partial charge in [0, 0.05) is 11.4 Å². The lowest BCUT2D eigenvalue weighted by molar-refractivity contribution is -0.138. The summed E-state index contributed by atoms with van der Waals surface area (Å²) in [4.78, 5) is 23.5. The number of hydrogen-bond acceptors (Lipinski definition) is 5. The van der Waals surface area contributed by atoms with Gasteiger partial charge in [0.05, 0.1) is 11.1 Å². The third kappa shape index (κ3) is 6.47. The van der Waals surface area contributed by atoms with Crippen LogP contribution in [0.2, 0.25) is 0 Å². The summed E-state index contributed by atoms with van der Waals surface area (Å²) in [5.74, 6) is -2.69. The number of hydrogen-bond donors (Lipinski definition) is 2. The van der Waals surface area contributed by atoms with E-state index in [1.165, 1.54) is 0 Å². The first-order chi connectivity index (χ1) is 13.2. The van der Waals surface area contributed by atoms with Crippen molar-refractivity contribution in [1.29, 1.82) is 0 Å². The molecule has 0 saturated carbocycles. The van der Waals surface area contributed by atoms with Gasteiger partial charge in [0.15, 0.2) is 0 Å². The van der Waals surface area contributed by atoms with Crippen molar-refractivity contribution in [3.05, 3.63) is 47.5 Å². The van der Waals surface area contributed by atoms with Gasteiger partial charge in [0.1, 0.15) is 0 Å². The Morgan fingerprint density at radius 1 is 0.690 bits per heavy atom. The van der Waals surface area contributed by atoms with Gasteiger partial charge < -0.3 is 16.2 Å². The fraction of sp³-hybridized carbons (Fsp3) is 0.125. The van der Waals surface area contributed by atoms with Crippen LogP contribution in [0.4, 0.5) is 47.3 Å². The highest BCUT2D eigenvalue weighted by Crippen LogP contribution is 2.30. The van der Waals surface area contributed by atoms with Gasteiger partial charge >= 0.3 is 12.4 Å². The Hall–Kier alpha value is -3.11. The quantitative estimate of drug-likeness (QED) is 0.347. The second kappa shape index (κ2) is 8.10. The summed E-state index contributed by atoms with van der Waals surface area (Å²) in [7, 11) is 1.16. The van der Waals surface area contributed by atoms with Gasteiger partial charge in [0.25, 0.3) is 26.3 Å². The van der Waals surface area contributed by atoms with E-state index in [0.29, 0.717) is 38.8 Å². The van der Waals surface area contributed by atoms with Crippen LogP contribution in [-0.2, 0) is 17.1 Å². The molecule has 0 aliphatic carbocycles. The molecule has 2 rings (SSSR count). The molecule has 0 saturated heterocycles. The zero-order valence-electron chi connectivity index (χ0n) is 14.3. The Morgan fingerprint density at radius 2 is 1.03 bits per heavy atom. The van der Waals surface area contributed by atoms with E-state index in [1.807, 2.05) is 0 Å². The van der Waals surface area contributed by atoms with Crippen LogP contribution in [-0.4, -0.2) is 26.3 Å². The van der Waals surface area contributed by atoms with E-state index < -0.39 is 35.2 Å². The van der Waals surface area contributed by atoms with E-state index in [-0.39, 0.29) is 22.3 Å². The predicted octanol–water partition coefficient (Wildman–Crippen LogP) is 2.50. The van der Waals surface area contributed by atoms with Crippen LogP contribution < -0.4 is 22.4 Å². The molecular weight excluding hydrogens is 404 g/mol. The maximum Gasteiger partial charge on any atom is 0.416 e. The molecule has 4 N–H and O–H groups in total. The molecule has 150 valence electrons. The standard InChI is InChI=1S/C16H10B2F6N2O3/c19-15(20,21)7-1-9(5-11(25)3-7)17-13(27)29-14(28)18-10-2-8(16(22,23)24)4-12(26)6-10/h1-6H,25-26H2. The zero-order chi connectivity index (χ0) is 22.0. The van der Waals surface area contributed by atoms with E-state index in [2.05, 4.69) is 4.74 Å². The monoisotopic (exact) mass is 414 g/mol. The summed E-state index contributed by atoms with van der Waals surface area (Å²) in [6.07, 6.45) is -9.43. The lowest BCUT2D eigenvalue weighted by Gasteiger charge is -2.10. The van der Waals surface area contributed by atoms with Crippen molar-refractivity contribution in [3.8, 4) is 0 Å². The minimum atomic E-state index is -4.71. The molecule has 0 aromatic heterocycles.